The third-order valence-electron chi connectivity index (χ3n) is 4.76. The molecule has 2 heterocycles. The van der Waals surface area contributed by atoms with E-state index in [9.17, 15) is 10.1 Å². The molecular weight excluding hydrogens is 368 g/mol. The lowest BCUT2D eigenvalue weighted by Crippen LogP contribution is -2.06. The van der Waals surface area contributed by atoms with Crippen LogP contribution in [-0.2, 0) is 0 Å². The average molecular weight is 386 g/mol. The van der Waals surface area contributed by atoms with Crippen LogP contribution in [0.25, 0.3) is 10.9 Å². The van der Waals surface area contributed by atoms with E-state index in [0.717, 1.165) is 27.7 Å². The van der Waals surface area contributed by atoms with E-state index >= 15 is 0 Å². The molecule has 0 saturated heterocycles. The molecule has 0 spiro atoms. The topological polar surface area (TPSA) is 106 Å². The zero-order valence-corrected chi connectivity index (χ0v) is 15.9. The van der Waals surface area contributed by atoms with Crippen LogP contribution in [0.15, 0.2) is 61.1 Å². The van der Waals surface area contributed by atoms with E-state index in [1.165, 1.54) is 6.33 Å². The average Bonchev–Trinajstić information content (AvgIpc) is 2.72. The fourth-order valence-corrected chi connectivity index (χ4v) is 3.09. The van der Waals surface area contributed by atoms with Crippen molar-refractivity contribution >= 4 is 39.6 Å². The highest BCUT2D eigenvalue weighted by Crippen LogP contribution is 2.35. The van der Waals surface area contributed by atoms with Gasteiger partial charge in [0.05, 0.1) is 10.4 Å². The maximum Gasteiger partial charge on any atom is 0.353 e. The van der Waals surface area contributed by atoms with Crippen LogP contribution in [-0.4, -0.2) is 19.9 Å². The van der Waals surface area contributed by atoms with E-state index in [4.69, 9.17) is 0 Å². The third-order valence-corrected chi connectivity index (χ3v) is 4.76. The first-order valence-electron chi connectivity index (χ1n) is 8.98. The van der Waals surface area contributed by atoms with Gasteiger partial charge in [-0.05, 0) is 55.3 Å². The molecule has 4 aromatic rings. The quantitative estimate of drug-likeness (QED) is 0.366. The number of hydrogen-bond donors (Lipinski definition) is 2. The second-order valence-corrected chi connectivity index (χ2v) is 6.55. The highest BCUT2D eigenvalue weighted by molar-refractivity contribution is 5.94. The molecule has 2 N–H and O–H groups in total. The second-order valence-electron chi connectivity index (χ2n) is 6.55. The lowest BCUT2D eigenvalue weighted by atomic mass is 10.1. The lowest BCUT2D eigenvalue weighted by Gasteiger charge is -2.13. The van der Waals surface area contributed by atoms with Crippen molar-refractivity contribution in [1.82, 2.24) is 15.0 Å². The molecule has 2 aromatic heterocycles. The number of aryl methyl sites for hydroxylation is 1. The molecule has 0 amide bonds. The molecule has 0 saturated carbocycles. The fraction of sp³-hybridized carbons (Fsp3) is 0.0952. The van der Waals surface area contributed by atoms with Crippen molar-refractivity contribution in [2.24, 2.45) is 0 Å². The minimum Gasteiger partial charge on any atom is -0.334 e. The molecule has 0 fully saturated rings. The Labute approximate surface area is 166 Å². The predicted molar refractivity (Wildman–Crippen MR) is 113 cm³/mol. The summed E-state index contributed by atoms with van der Waals surface area (Å²) < 4.78 is 0. The summed E-state index contributed by atoms with van der Waals surface area (Å²) in [6.07, 6.45) is 3.00. The SMILES string of the molecule is Cc1cccc(Nc2ncnc(Nc3cccc4ncccc34)c2[N+](=O)[O-])c1C. The molecule has 2 aromatic carbocycles. The standard InChI is InChI=1S/C21H18N6O2/c1-13-6-3-8-16(14(13)2)25-20-19(27(28)29)21(24-12-23-20)26-18-10-4-9-17-15(18)7-5-11-22-17/h3-12H,1-2H3,(H2,23,24,25,26). The summed E-state index contributed by atoms with van der Waals surface area (Å²) in [4.78, 5) is 23.9. The zero-order chi connectivity index (χ0) is 20.4. The van der Waals surface area contributed by atoms with Crippen LogP contribution >= 0.6 is 0 Å². The molecule has 0 atom stereocenters. The third kappa shape index (κ3) is 3.55. The number of nitrogens with zero attached hydrogens (tertiary/aromatic N) is 4. The van der Waals surface area contributed by atoms with Gasteiger partial charge in [-0.2, -0.15) is 0 Å². The summed E-state index contributed by atoms with van der Waals surface area (Å²) in [5.74, 6) is 0.230. The highest BCUT2D eigenvalue weighted by Gasteiger charge is 2.24. The van der Waals surface area contributed by atoms with Crippen LogP contribution in [0.2, 0.25) is 0 Å². The van der Waals surface area contributed by atoms with Crippen LogP contribution in [0, 0.1) is 24.0 Å². The van der Waals surface area contributed by atoms with Gasteiger partial charge < -0.3 is 10.6 Å². The number of nitro groups is 1. The van der Waals surface area contributed by atoms with Gasteiger partial charge in [0.2, 0.25) is 11.6 Å². The first-order chi connectivity index (χ1) is 14.0. The van der Waals surface area contributed by atoms with Gasteiger partial charge in [-0.1, -0.05) is 18.2 Å². The van der Waals surface area contributed by atoms with Gasteiger partial charge >= 0.3 is 5.69 Å². The number of hydrogen-bond acceptors (Lipinski definition) is 7. The Morgan fingerprint density at radius 3 is 2.31 bits per heavy atom. The summed E-state index contributed by atoms with van der Waals surface area (Å²) in [6, 6.07) is 15.0. The number of benzene rings is 2. The molecule has 144 valence electrons. The smallest absolute Gasteiger partial charge is 0.334 e. The molecule has 0 aliphatic carbocycles. The van der Waals surface area contributed by atoms with Gasteiger partial charge in [0, 0.05) is 23.0 Å². The van der Waals surface area contributed by atoms with Crippen LogP contribution in [0.1, 0.15) is 11.1 Å². The molecule has 0 unspecified atom stereocenters. The van der Waals surface area contributed by atoms with E-state index in [-0.39, 0.29) is 17.3 Å². The maximum absolute atomic E-state index is 11.9. The normalized spacial score (nSPS) is 10.7. The van der Waals surface area contributed by atoms with Gasteiger partial charge in [0.15, 0.2) is 0 Å². The Morgan fingerprint density at radius 2 is 1.55 bits per heavy atom. The first-order valence-corrected chi connectivity index (χ1v) is 8.98. The number of rotatable bonds is 5. The number of nitrogens with one attached hydrogen (secondary N) is 2. The Bertz CT molecular complexity index is 1220. The molecule has 0 bridgehead atoms. The van der Waals surface area contributed by atoms with Crippen molar-refractivity contribution < 1.29 is 4.92 Å². The molecule has 29 heavy (non-hydrogen) atoms. The largest absolute Gasteiger partial charge is 0.353 e. The van der Waals surface area contributed by atoms with E-state index < -0.39 is 4.92 Å². The molecule has 0 aliphatic heterocycles. The van der Waals surface area contributed by atoms with Crippen molar-refractivity contribution in [1.29, 1.82) is 0 Å². The van der Waals surface area contributed by atoms with E-state index in [2.05, 4.69) is 25.6 Å². The number of pyridine rings is 1. The van der Waals surface area contributed by atoms with Crippen LogP contribution in [0.4, 0.5) is 28.7 Å². The summed E-state index contributed by atoms with van der Waals surface area (Å²) in [5, 5.41) is 18.9. The molecular formula is C21H18N6O2. The van der Waals surface area contributed by atoms with Crippen LogP contribution in [0.3, 0.4) is 0 Å². The van der Waals surface area contributed by atoms with E-state index in [0.29, 0.717) is 5.69 Å². The number of anilines is 4. The molecule has 4 rings (SSSR count). The monoisotopic (exact) mass is 386 g/mol. The van der Waals surface area contributed by atoms with Gasteiger partial charge in [0.1, 0.15) is 6.33 Å². The van der Waals surface area contributed by atoms with Crippen molar-refractivity contribution in [3.8, 4) is 0 Å². The first kappa shape index (κ1) is 18.3. The molecule has 8 heteroatoms. The predicted octanol–water partition coefficient (Wildman–Crippen LogP) is 5.04. The molecule has 0 radical (unpaired) electrons. The lowest BCUT2D eigenvalue weighted by molar-refractivity contribution is -0.383. The van der Waals surface area contributed by atoms with Gasteiger partial charge in [-0.25, -0.2) is 9.97 Å². The summed E-state index contributed by atoms with van der Waals surface area (Å²) >= 11 is 0. The van der Waals surface area contributed by atoms with Gasteiger partial charge in [0.25, 0.3) is 0 Å². The van der Waals surface area contributed by atoms with Crippen molar-refractivity contribution in [3.63, 3.8) is 0 Å². The number of fused-ring (bicyclic) bond motifs is 1. The second kappa shape index (κ2) is 7.51. The Hall–Kier alpha value is -4.07. The Balaban J connectivity index is 1.77. The highest BCUT2D eigenvalue weighted by atomic mass is 16.6. The minimum absolute atomic E-state index is 0.106. The Kier molecular flexibility index (Phi) is 4.74. The summed E-state index contributed by atoms with van der Waals surface area (Å²) in [5.41, 5.74) is 4.06. The minimum atomic E-state index is -0.487. The summed E-state index contributed by atoms with van der Waals surface area (Å²) in [7, 11) is 0. The maximum atomic E-state index is 11.9. The summed E-state index contributed by atoms with van der Waals surface area (Å²) in [6.45, 7) is 3.93. The van der Waals surface area contributed by atoms with Crippen LogP contribution in [0.5, 0.6) is 0 Å². The van der Waals surface area contributed by atoms with Gasteiger partial charge in [-0.3, -0.25) is 15.1 Å². The molecule has 0 aliphatic rings. The zero-order valence-electron chi connectivity index (χ0n) is 15.9. The number of aromatic nitrogens is 3. The van der Waals surface area contributed by atoms with E-state index in [1.54, 1.807) is 6.20 Å². The molecule has 8 nitrogen and oxygen atoms in total. The fourth-order valence-electron chi connectivity index (χ4n) is 3.09. The van der Waals surface area contributed by atoms with E-state index in [1.807, 2.05) is 62.4 Å². The van der Waals surface area contributed by atoms with Crippen molar-refractivity contribution in [3.05, 3.63) is 82.3 Å². The van der Waals surface area contributed by atoms with Crippen molar-refractivity contribution in [2.45, 2.75) is 13.8 Å². The van der Waals surface area contributed by atoms with Gasteiger partial charge in [-0.15, -0.1) is 0 Å². The van der Waals surface area contributed by atoms with Crippen LogP contribution < -0.4 is 10.6 Å². The van der Waals surface area contributed by atoms with Crippen molar-refractivity contribution in [2.75, 3.05) is 10.6 Å². The Morgan fingerprint density at radius 1 is 0.862 bits per heavy atom.